The van der Waals surface area contributed by atoms with E-state index >= 15 is 0 Å². The molecule has 0 spiro atoms. The van der Waals surface area contributed by atoms with E-state index in [4.69, 9.17) is 4.74 Å². The summed E-state index contributed by atoms with van der Waals surface area (Å²) in [6, 6.07) is 8.69. The van der Waals surface area contributed by atoms with E-state index in [0.29, 0.717) is 5.56 Å². The third-order valence-electron chi connectivity index (χ3n) is 2.79. The summed E-state index contributed by atoms with van der Waals surface area (Å²) in [5, 5.41) is 0. The molecule has 0 radical (unpaired) electrons. The van der Waals surface area contributed by atoms with E-state index in [1.165, 1.54) is 0 Å². The maximum atomic E-state index is 11.6. The van der Waals surface area contributed by atoms with Crippen LogP contribution >= 0.6 is 0 Å². The van der Waals surface area contributed by atoms with Crippen molar-refractivity contribution >= 4 is 11.9 Å². The zero-order chi connectivity index (χ0) is 12.1. The molecule has 0 bridgehead atoms. The first-order chi connectivity index (χ1) is 8.27. The lowest BCUT2D eigenvalue weighted by Gasteiger charge is -2.14. The predicted molar refractivity (Wildman–Crippen MR) is 62.5 cm³/mol. The molecule has 4 heteroatoms. The maximum Gasteiger partial charge on any atom is 0.338 e. The zero-order valence-electron chi connectivity index (χ0n) is 9.59. The average molecular weight is 233 g/mol. The fourth-order valence-electron chi connectivity index (χ4n) is 1.84. The van der Waals surface area contributed by atoms with Crippen LogP contribution in [0.3, 0.4) is 0 Å². The summed E-state index contributed by atoms with van der Waals surface area (Å²) in [7, 11) is 0. The van der Waals surface area contributed by atoms with E-state index in [9.17, 15) is 9.59 Å². The van der Waals surface area contributed by atoms with Crippen LogP contribution in [0.1, 0.15) is 23.2 Å². The Balaban J connectivity index is 1.82. The second kappa shape index (κ2) is 5.48. The Hall–Kier alpha value is -1.84. The number of hydrogen-bond acceptors (Lipinski definition) is 3. The molecule has 0 N–H and O–H groups in total. The van der Waals surface area contributed by atoms with Gasteiger partial charge in [-0.2, -0.15) is 0 Å². The van der Waals surface area contributed by atoms with E-state index < -0.39 is 5.97 Å². The van der Waals surface area contributed by atoms with Gasteiger partial charge in [0.2, 0.25) is 0 Å². The van der Waals surface area contributed by atoms with Gasteiger partial charge < -0.3 is 9.64 Å². The molecule has 1 aromatic carbocycles. The lowest BCUT2D eigenvalue weighted by molar-refractivity contribution is -0.133. The average Bonchev–Trinajstić information content (AvgIpc) is 2.90. The third kappa shape index (κ3) is 3.06. The molecule has 1 fully saturated rings. The number of likely N-dealkylation sites (tertiary alicyclic amines) is 1. The van der Waals surface area contributed by atoms with Crippen LogP contribution in [0.15, 0.2) is 30.3 Å². The Morgan fingerprint density at radius 1 is 1.12 bits per heavy atom. The maximum absolute atomic E-state index is 11.6. The number of nitrogens with zero attached hydrogens (tertiary/aromatic N) is 1. The molecule has 0 aliphatic carbocycles. The fourth-order valence-corrected chi connectivity index (χ4v) is 1.84. The summed E-state index contributed by atoms with van der Waals surface area (Å²) in [5.74, 6) is -0.551. The third-order valence-corrected chi connectivity index (χ3v) is 2.79. The first-order valence-electron chi connectivity index (χ1n) is 5.77. The second-order valence-electron chi connectivity index (χ2n) is 4.03. The number of benzene rings is 1. The van der Waals surface area contributed by atoms with Crippen molar-refractivity contribution in [1.82, 2.24) is 4.90 Å². The lowest BCUT2D eigenvalue weighted by atomic mass is 10.2. The predicted octanol–water partition coefficient (Wildman–Crippen LogP) is 1.47. The molecule has 0 atom stereocenters. The van der Waals surface area contributed by atoms with Crippen molar-refractivity contribution in [3.63, 3.8) is 0 Å². The molecule has 1 amide bonds. The molecule has 1 heterocycles. The van der Waals surface area contributed by atoms with E-state index in [2.05, 4.69) is 0 Å². The Labute approximate surface area is 100 Å². The monoisotopic (exact) mass is 233 g/mol. The highest BCUT2D eigenvalue weighted by atomic mass is 16.5. The lowest BCUT2D eigenvalue weighted by Crippen LogP contribution is -2.32. The van der Waals surface area contributed by atoms with Crippen LogP contribution in [0.5, 0.6) is 0 Å². The Kier molecular flexibility index (Phi) is 3.75. The van der Waals surface area contributed by atoms with Gasteiger partial charge in [0.1, 0.15) is 0 Å². The Morgan fingerprint density at radius 2 is 1.76 bits per heavy atom. The van der Waals surface area contributed by atoms with Gasteiger partial charge in [0.05, 0.1) is 5.56 Å². The molecule has 0 aromatic heterocycles. The summed E-state index contributed by atoms with van der Waals surface area (Å²) in [6.45, 7) is 1.40. The zero-order valence-corrected chi connectivity index (χ0v) is 9.59. The number of amides is 1. The van der Waals surface area contributed by atoms with E-state index in [0.717, 1.165) is 25.9 Å². The quantitative estimate of drug-likeness (QED) is 0.743. The molecule has 0 unspecified atom stereocenters. The van der Waals surface area contributed by atoms with Crippen LogP contribution in [0.4, 0.5) is 0 Å². The highest BCUT2D eigenvalue weighted by molar-refractivity contribution is 5.91. The molecular weight excluding hydrogens is 218 g/mol. The van der Waals surface area contributed by atoms with Crippen LogP contribution in [-0.2, 0) is 9.53 Å². The van der Waals surface area contributed by atoms with Crippen molar-refractivity contribution in [2.45, 2.75) is 12.8 Å². The largest absolute Gasteiger partial charge is 0.452 e. The number of rotatable bonds is 3. The standard InChI is InChI=1S/C13H15NO3/c15-12(14-8-4-5-9-14)10-17-13(16)11-6-2-1-3-7-11/h1-3,6-7H,4-5,8-10H2. The summed E-state index contributed by atoms with van der Waals surface area (Å²) in [5.41, 5.74) is 0.474. The Bertz CT molecular complexity index is 396. The van der Waals surface area contributed by atoms with Crippen LogP contribution in [0.2, 0.25) is 0 Å². The highest BCUT2D eigenvalue weighted by Gasteiger charge is 2.19. The fraction of sp³-hybridized carbons (Fsp3) is 0.385. The molecule has 2 rings (SSSR count). The van der Waals surface area contributed by atoms with Crippen molar-refractivity contribution in [3.8, 4) is 0 Å². The minimum absolute atomic E-state index is 0.105. The van der Waals surface area contributed by atoms with Gasteiger partial charge in [-0.05, 0) is 25.0 Å². The molecule has 17 heavy (non-hydrogen) atoms. The molecule has 1 aromatic rings. The van der Waals surface area contributed by atoms with Gasteiger partial charge >= 0.3 is 5.97 Å². The van der Waals surface area contributed by atoms with Crippen molar-refractivity contribution < 1.29 is 14.3 Å². The van der Waals surface area contributed by atoms with Crippen LogP contribution < -0.4 is 0 Å². The van der Waals surface area contributed by atoms with Crippen molar-refractivity contribution in [3.05, 3.63) is 35.9 Å². The van der Waals surface area contributed by atoms with Crippen LogP contribution in [0, 0.1) is 0 Å². The number of esters is 1. The number of hydrogen-bond donors (Lipinski definition) is 0. The van der Waals surface area contributed by atoms with Gasteiger partial charge in [-0.1, -0.05) is 18.2 Å². The molecule has 0 saturated carbocycles. The minimum atomic E-state index is -0.446. The van der Waals surface area contributed by atoms with Gasteiger partial charge in [0, 0.05) is 13.1 Å². The second-order valence-corrected chi connectivity index (χ2v) is 4.03. The van der Waals surface area contributed by atoms with Gasteiger partial charge in [-0.15, -0.1) is 0 Å². The molecule has 90 valence electrons. The highest BCUT2D eigenvalue weighted by Crippen LogP contribution is 2.08. The van der Waals surface area contributed by atoms with Crippen LogP contribution in [-0.4, -0.2) is 36.5 Å². The topological polar surface area (TPSA) is 46.6 Å². The normalized spacial score (nSPS) is 14.7. The van der Waals surface area contributed by atoms with E-state index in [1.807, 2.05) is 6.07 Å². The van der Waals surface area contributed by atoms with Crippen molar-refractivity contribution in [1.29, 1.82) is 0 Å². The summed E-state index contributed by atoms with van der Waals surface area (Å²) < 4.78 is 4.97. The number of carbonyl (C=O) groups excluding carboxylic acids is 2. The first-order valence-corrected chi connectivity index (χ1v) is 5.77. The summed E-state index contributed by atoms with van der Waals surface area (Å²) >= 11 is 0. The summed E-state index contributed by atoms with van der Waals surface area (Å²) in [6.07, 6.45) is 2.08. The van der Waals surface area contributed by atoms with Gasteiger partial charge in [-0.25, -0.2) is 4.79 Å². The van der Waals surface area contributed by atoms with E-state index in [-0.39, 0.29) is 12.5 Å². The van der Waals surface area contributed by atoms with Crippen LogP contribution in [0.25, 0.3) is 0 Å². The van der Waals surface area contributed by atoms with E-state index in [1.54, 1.807) is 29.2 Å². The number of carbonyl (C=O) groups is 2. The Morgan fingerprint density at radius 3 is 2.41 bits per heavy atom. The minimum Gasteiger partial charge on any atom is -0.452 e. The molecule has 1 aliphatic heterocycles. The van der Waals surface area contributed by atoms with Crippen molar-refractivity contribution in [2.24, 2.45) is 0 Å². The van der Waals surface area contributed by atoms with Gasteiger partial charge in [0.25, 0.3) is 5.91 Å². The molecular formula is C13H15NO3. The summed E-state index contributed by atoms with van der Waals surface area (Å²) in [4.78, 5) is 24.9. The number of ether oxygens (including phenoxy) is 1. The van der Waals surface area contributed by atoms with Gasteiger partial charge in [-0.3, -0.25) is 4.79 Å². The molecule has 4 nitrogen and oxygen atoms in total. The first kappa shape index (κ1) is 11.6. The van der Waals surface area contributed by atoms with Crippen molar-refractivity contribution in [2.75, 3.05) is 19.7 Å². The van der Waals surface area contributed by atoms with Gasteiger partial charge in [0.15, 0.2) is 6.61 Å². The SMILES string of the molecule is O=C(OCC(=O)N1CCCC1)c1ccccc1. The molecule has 1 aliphatic rings. The smallest absolute Gasteiger partial charge is 0.338 e. The molecule has 1 saturated heterocycles.